The minimum atomic E-state index is -0.327. The Morgan fingerprint density at radius 2 is 1.96 bits per heavy atom. The van der Waals surface area contributed by atoms with E-state index in [1.54, 1.807) is 30.6 Å². The van der Waals surface area contributed by atoms with E-state index in [1.165, 1.54) is 0 Å². The quantitative estimate of drug-likeness (QED) is 0.499. The van der Waals surface area contributed by atoms with Crippen LogP contribution in [0, 0.1) is 12.8 Å². The van der Waals surface area contributed by atoms with Crippen LogP contribution in [0.25, 0.3) is 10.6 Å². The minimum absolute atomic E-state index is 0.283. The van der Waals surface area contributed by atoms with Gasteiger partial charge >= 0.3 is 5.97 Å². The lowest BCUT2D eigenvalue weighted by Gasteiger charge is -2.24. The molecule has 1 atom stereocenters. The van der Waals surface area contributed by atoms with Crippen molar-refractivity contribution in [1.82, 2.24) is 4.98 Å². The second-order valence-corrected chi connectivity index (χ2v) is 7.28. The number of ether oxygens (including phenoxy) is 3. The van der Waals surface area contributed by atoms with Gasteiger partial charge in [-0.15, -0.1) is 11.3 Å². The number of thiazole rings is 1. The Morgan fingerprint density at radius 1 is 1.19 bits per heavy atom. The zero-order chi connectivity index (χ0) is 18.8. The molecule has 0 unspecified atom stereocenters. The van der Waals surface area contributed by atoms with E-state index in [4.69, 9.17) is 14.2 Å². The summed E-state index contributed by atoms with van der Waals surface area (Å²) in [4.78, 5) is 17.0. The van der Waals surface area contributed by atoms with E-state index in [2.05, 4.69) is 4.98 Å². The Balaban J connectivity index is 1.41. The lowest BCUT2D eigenvalue weighted by atomic mass is 9.97. The second-order valence-electron chi connectivity index (χ2n) is 6.43. The molecule has 1 aliphatic heterocycles. The fraction of sp³-hybridized carbons (Fsp3) is 0.238. The summed E-state index contributed by atoms with van der Waals surface area (Å²) >= 11 is 1.60. The van der Waals surface area contributed by atoms with E-state index >= 15 is 0 Å². The Labute approximate surface area is 161 Å². The number of aromatic nitrogens is 1. The molecular weight excluding hydrogens is 362 g/mol. The molecule has 2 aromatic carbocycles. The zero-order valence-corrected chi connectivity index (χ0v) is 15.9. The third-order valence-electron chi connectivity index (χ3n) is 4.45. The Kier molecular flexibility index (Phi) is 4.81. The van der Waals surface area contributed by atoms with Crippen molar-refractivity contribution >= 4 is 17.3 Å². The zero-order valence-electron chi connectivity index (χ0n) is 15.1. The van der Waals surface area contributed by atoms with Crippen molar-refractivity contribution in [1.29, 1.82) is 0 Å². The Hall–Kier alpha value is -2.86. The van der Waals surface area contributed by atoms with Crippen molar-refractivity contribution in [3.63, 3.8) is 0 Å². The molecule has 6 heteroatoms. The smallest absolute Gasteiger partial charge is 0.318 e. The third kappa shape index (κ3) is 3.80. The number of nitrogens with zero attached hydrogens (tertiary/aromatic N) is 1. The molecule has 5 nitrogen and oxygen atoms in total. The van der Waals surface area contributed by atoms with Crippen molar-refractivity contribution < 1.29 is 19.0 Å². The molecule has 0 bridgehead atoms. The molecule has 3 aromatic rings. The molecule has 0 spiro atoms. The van der Waals surface area contributed by atoms with E-state index in [1.807, 2.05) is 42.6 Å². The number of fused-ring (bicyclic) bond motifs is 1. The first-order valence-electron chi connectivity index (χ1n) is 8.66. The number of hydrogen-bond acceptors (Lipinski definition) is 6. The van der Waals surface area contributed by atoms with Crippen LogP contribution in [-0.2, 0) is 11.2 Å². The summed E-state index contributed by atoms with van der Waals surface area (Å²) in [6, 6.07) is 13.1. The van der Waals surface area contributed by atoms with Crippen LogP contribution in [0.2, 0.25) is 0 Å². The van der Waals surface area contributed by atoms with Crippen LogP contribution in [0.15, 0.2) is 47.8 Å². The van der Waals surface area contributed by atoms with Gasteiger partial charge in [0.15, 0.2) is 0 Å². The SMILES string of the molecule is COc1ccc2c(c1)OC[C@@H](C(=O)Oc1ccc(-c3nc(C)cs3)cc1)C2. The number of aryl methyl sites for hydroxylation is 1. The largest absolute Gasteiger partial charge is 0.497 e. The summed E-state index contributed by atoms with van der Waals surface area (Å²) in [6.07, 6.45) is 0.592. The maximum Gasteiger partial charge on any atom is 0.318 e. The number of esters is 1. The molecule has 0 radical (unpaired) electrons. The van der Waals surface area contributed by atoms with Gasteiger partial charge in [0.25, 0.3) is 0 Å². The second kappa shape index (κ2) is 7.40. The van der Waals surface area contributed by atoms with E-state index in [0.717, 1.165) is 33.3 Å². The fourth-order valence-electron chi connectivity index (χ4n) is 2.98. The first-order chi connectivity index (χ1) is 13.1. The number of benzene rings is 2. The van der Waals surface area contributed by atoms with Crippen LogP contribution in [0.5, 0.6) is 17.2 Å². The molecule has 1 aliphatic rings. The normalized spacial score (nSPS) is 15.6. The Morgan fingerprint density at radius 3 is 2.67 bits per heavy atom. The molecule has 4 rings (SSSR count). The van der Waals surface area contributed by atoms with Crippen LogP contribution in [-0.4, -0.2) is 24.7 Å². The highest BCUT2D eigenvalue weighted by Crippen LogP contribution is 2.32. The fourth-order valence-corrected chi connectivity index (χ4v) is 3.79. The molecule has 0 N–H and O–H groups in total. The summed E-state index contributed by atoms with van der Waals surface area (Å²) in [6.45, 7) is 2.27. The van der Waals surface area contributed by atoms with Gasteiger partial charge in [-0.3, -0.25) is 4.79 Å². The van der Waals surface area contributed by atoms with Gasteiger partial charge < -0.3 is 14.2 Å². The van der Waals surface area contributed by atoms with Crippen molar-refractivity contribution in [2.45, 2.75) is 13.3 Å². The molecule has 1 aromatic heterocycles. The number of hydrogen-bond donors (Lipinski definition) is 0. The van der Waals surface area contributed by atoms with Crippen molar-refractivity contribution in [2.24, 2.45) is 5.92 Å². The molecule has 0 saturated heterocycles. The molecule has 0 amide bonds. The number of methoxy groups -OCH3 is 1. The summed E-state index contributed by atoms with van der Waals surface area (Å²) in [5.74, 6) is 1.42. The van der Waals surface area contributed by atoms with Crippen LogP contribution < -0.4 is 14.2 Å². The number of carbonyl (C=O) groups excluding carboxylic acids is 1. The van der Waals surface area contributed by atoms with Gasteiger partial charge in [-0.2, -0.15) is 0 Å². The first kappa shape index (κ1) is 17.5. The average molecular weight is 381 g/mol. The molecular formula is C21H19NO4S. The van der Waals surface area contributed by atoms with Gasteiger partial charge in [-0.1, -0.05) is 6.07 Å². The van der Waals surface area contributed by atoms with Gasteiger partial charge in [-0.05, 0) is 49.2 Å². The van der Waals surface area contributed by atoms with Gasteiger partial charge in [0.05, 0.1) is 13.0 Å². The minimum Gasteiger partial charge on any atom is -0.497 e. The van der Waals surface area contributed by atoms with Gasteiger partial charge in [0.1, 0.15) is 28.9 Å². The summed E-state index contributed by atoms with van der Waals surface area (Å²) in [5.41, 5.74) is 3.00. The van der Waals surface area contributed by atoms with Crippen molar-refractivity contribution in [3.05, 3.63) is 59.1 Å². The predicted octanol–water partition coefficient (Wildman–Crippen LogP) is 4.28. The average Bonchev–Trinajstić information content (AvgIpc) is 3.14. The maximum atomic E-state index is 12.5. The van der Waals surface area contributed by atoms with Crippen LogP contribution >= 0.6 is 11.3 Å². The number of carbonyl (C=O) groups is 1. The highest BCUT2D eigenvalue weighted by Gasteiger charge is 2.28. The topological polar surface area (TPSA) is 57.7 Å². The van der Waals surface area contributed by atoms with Crippen LogP contribution in [0.1, 0.15) is 11.3 Å². The standard InChI is InChI=1S/C21H19NO4S/c1-13-12-27-20(22-13)14-3-6-17(7-4-14)26-21(23)16-9-15-5-8-18(24-2)10-19(15)25-11-16/h3-8,10,12,16H,9,11H2,1-2H3/t16-/m0/s1. The van der Waals surface area contributed by atoms with Crippen LogP contribution in [0.3, 0.4) is 0 Å². The Bertz CT molecular complexity index is 965. The molecule has 0 saturated carbocycles. The monoisotopic (exact) mass is 381 g/mol. The molecule has 2 heterocycles. The molecule has 27 heavy (non-hydrogen) atoms. The summed E-state index contributed by atoms with van der Waals surface area (Å²) in [5, 5.41) is 2.97. The highest BCUT2D eigenvalue weighted by molar-refractivity contribution is 7.13. The van der Waals surface area contributed by atoms with Crippen molar-refractivity contribution in [3.8, 4) is 27.8 Å². The first-order valence-corrected chi connectivity index (χ1v) is 9.54. The van der Waals surface area contributed by atoms with E-state index in [0.29, 0.717) is 18.8 Å². The highest BCUT2D eigenvalue weighted by atomic mass is 32.1. The lowest BCUT2D eigenvalue weighted by molar-refractivity contribution is -0.140. The molecule has 0 aliphatic carbocycles. The van der Waals surface area contributed by atoms with Gasteiger partial charge in [0, 0.05) is 22.7 Å². The van der Waals surface area contributed by atoms with E-state index in [-0.39, 0.29) is 11.9 Å². The predicted molar refractivity (Wildman–Crippen MR) is 104 cm³/mol. The summed E-state index contributed by atoms with van der Waals surface area (Å²) in [7, 11) is 1.62. The van der Waals surface area contributed by atoms with Crippen LogP contribution in [0.4, 0.5) is 0 Å². The molecule has 138 valence electrons. The van der Waals surface area contributed by atoms with Gasteiger partial charge in [0.2, 0.25) is 0 Å². The third-order valence-corrected chi connectivity index (χ3v) is 5.46. The summed E-state index contributed by atoms with van der Waals surface area (Å²) < 4.78 is 16.5. The maximum absolute atomic E-state index is 12.5. The molecule has 0 fully saturated rings. The van der Waals surface area contributed by atoms with E-state index < -0.39 is 0 Å². The van der Waals surface area contributed by atoms with E-state index in [9.17, 15) is 4.79 Å². The lowest BCUT2D eigenvalue weighted by Crippen LogP contribution is -2.31. The number of rotatable bonds is 4. The van der Waals surface area contributed by atoms with Gasteiger partial charge in [-0.25, -0.2) is 4.98 Å². The van der Waals surface area contributed by atoms with Crippen molar-refractivity contribution in [2.75, 3.05) is 13.7 Å².